The zero-order valence-corrected chi connectivity index (χ0v) is 20.2. The number of imidazole rings is 1. The third-order valence-electron chi connectivity index (χ3n) is 7.20. The smallest absolute Gasteiger partial charge is 0.335 e. The first kappa shape index (κ1) is 23.2. The van der Waals surface area contributed by atoms with Crippen molar-refractivity contribution in [3.8, 4) is 5.88 Å². The number of rotatable bonds is 9. The van der Waals surface area contributed by atoms with Crippen LogP contribution in [0.4, 0.5) is 5.82 Å². The van der Waals surface area contributed by atoms with E-state index in [1.807, 2.05) is 18.2 Å². The fourth-order valence-electron chi connectivity index (χ4n) is 4.84. The summed E-state index contributed by atoms with van der Waals surface area (Å²) in [5, 5.41) is 9.46. The van der Waals surface area contributed by atoms with Crippen LogP contribution in [0.15, 0.2) is 36.4 Å². The molecule has 1 N–H and O–H groups in total. The van der Waals surface area contributed by atoms with Crippen LogP contribution in [0.25, 0.3) is 11.0 Å². The second kappa shape index (κ2) is 10.0. The summed E-state index contributed by atoms with van der Waals surface area (Å²) in [5.41, 5.74) is 1.95. The molecule has 0 radical (unpaired) electrons. The highest BCUT2D eigenvalue weighted by atomic mass is 16.5. The second-order valence-corrected chi connectivity index (χ2v) is 9.74. The lowest BCUT2D eigenvalue weighted by molar-refractivity contribution is -0.0592. The molecule has 0 amide bonds. The van der Waals surface area contributed by atoms with Gasteiger partial charge in [-0.15, -0.1) is 0 Å². The molecule has 3 aliphatic rings. The molecular formula is C26H31N5O5. The second-order valence-electron chi connectivity index (χ2n) is 9.74. The maximum Gasteiger partial charge on any atom is 0.335 e. The normalized spacial score (nSPS) is 20.8. The Morgan fingerprint density at radius 1 is 1.11 bits per heavy atom. The van der Waals surface area contributed by atoms with E-state index >= 15 is 0 Å². The van der Waals surface area contributed by atoms with Crippen LogP contribution in [0.5, 0.6) is 5.88 Å². The number of aromatic carboxylic acids is 1. The highest BCUT2D eigenvalue weighted by Crippen LogP contribution is 2.24. The standard InChI is InChI=1S/C26H31N5O5/c32-26(33)19-4-5-21-22(12-19)31(13-20-6-11-35-20)24(27-21)14-29-7-9-30(10-8-29)23-2-1-3-25(28-23)36-17-18-15-34-16-18/h1-5,12,18,20H,6-11,13-17H2,(H,32,33)/t20-/m0/s1. The molecule has 0 unspecified atom stereocenters. The number of aromatic nitrogens is 3. The van der Waals surface area contributed by atoms with Gasteiger partial charge >= 0.3 is 5.97 Å². The molecule has 0 bridgehead atoms. The highest BCUT2D eigenvalue weighted by molar-refractivity contribution is 5.92. The summed E-state index contributed by atoms with van der Waals surface area (Å²) in [6.07, 6.45) is 1.17. The maximum absolute atomic E-state index is 11.5. The van der Waals surface area contributed by atoms with Gasteiger partial charge in [0.15, 0.2) is 0 Å². The van der Waals surface area contributed by atoms with Crippen LogP contribution in [0.2, 0.25) is 0 Å². The van der Waals surface area contributed by atoms with Gasteiger partial charge in [-0.25, -0.2) is 9.78 Å². The molecule has 36 heavy (non-hydrogen) atoms. The van der Waals surface area contributed by atoms with Crippen molar-refractivity contribution in [2.24, 2.45) is 5.92 Å². The van der Waals surface area contributed by atoms with Crippen molar-refractivity contribution < 1.29 is 24.1 Å². The van der Waals surface area contributed by atoms with E-state index in [0.717, 1.165) is 75.1 Å². The van der Waals surface area contributed by atoms with Gasteiger partial charge in [-0.3, -0.25) is 4.90 Å². The van der Waals surface area contributed by atoms with E-state index < -0.39 is 5.97 Å². The summed E-state index contributed by atoms with van der Waals surface area (Å²) in [7, 11) is 0. The first-order valence-electron chi connectivity index (χ1n) is 12.6. The van der Waals surface area contributed by atoms with Gasteiger partial charge in [0.25, 0.3) is 0 Å². The molecule has 10 nitrogen and oxygen atoms in total. The van der Waals surface area contributed by atoms with Crippen molar-refractivity contribution in [3.05, 3.63) is 47.8 Å². The molecule has 6 rings (SSSR count). The molecule has 5 heterocycles. The third-order valence-corrected chi connectivity index (χ3v) is 7.20. The average Bonchev–Trinajstić information content (AvgIpc) is 3.17. The summed E-state index contributed by atoms with van der Waals surface area (Å²) in [5.74, 6) is 2.09. The van der Waals surface area contributed by atoms with Crippen LogP contribution in [0.3, 0.4) is 0 Å². The Morgan fingerprint density at radius 2 is 1.94 bits per heavy atom. The molecule has 3 fully saturated rings. The summed E-state index contributed by atoms with van der Waals surface area (Å²) in [6.45, 7) is 7.86. The van der Waals surface area contributed by atoms with Gasteiger partial charge in [0.05, 0.1) is 55.6 Å². The van der Waals surface area contributed by atoms with Gasteiger partial charge < -0.3 is 28.8 Å². The number of fused-ring (bicyclic) bond motifs is 1. The number of hydrogen-bond acceptors (Lipinski definition) is 8. The van der Waals surface area contributed by atoms with Crippen molar-refractivity contribution in [2.45, 2.75) is 25.6 Å². The van der Waals surface area contributed by atoms with Crippen LogP contribution in [-0.4, -0.2) is 89.2 Å². The van der Waals surface area contributed by atoms with Crippen molar-refractivity contribution >= 4 is 22.8 Å². The van der Waals surface area contributed by atoms with Crippen LogP contribution in [-0.2, 0) is 22.6 Å². The van der Waals surface area contributed by atoms with Crippen LogP contribution in [0, 0.1) is 5.92 Å². The van der Waals surface area contributed by atoms with Gasteiger partial charge in [-0.1, -0.05) is 6.07 Å². The highest BCUT2D eigenvalue weighted by Gasteiger charge is 2.25. The first-order valence-corrected chi connectivity index (χ1v) is 12.6. The molecule has 10 heteroatoms. The molecule has 190 valence electrons. The fourth-order valence-corrected chi connectivity index (χ4v) is 4.84. The quantitative estimate of drug-likeness (QED) is 0.481. The maximum atomic E-state index is 11.5. The molecule has 0 saturated carbocycles. The lowest BCUT2D eigenvalue weighted by Gasteiger charge is -2.35. The number of ether oxygens (including phenoxy) is 3. The molecule has 0 aliphatic carbocycles. The zero-order valence-electron chi connectivity index (χ0n) is 20.2. The van der Waals surface area contributed by atoms with E-state index in [9.17, 15) is 9.90 Å². The summed E-state index contributed by atoms with van der Waals surface area (Å²) < 4.78 is 18.9. The number of hydrogen-bond donors (Lipinski definition) is 1. The van der Waals surface area contributed by atoms with E-state index in [1.54, 1.807) is 18.2 Å². The predicted molar refractivity (Wildman–Crippen MR) is 133 cm³/mol. The van der Waals surface area contributed by atoms with Gasteiger partial charge in [0.1, 0.15) is 11.6 Å². The van der Waals surface area contributed by atoms with E-state index in [0.29, 0.717) is 31.5 Å². The molecule has 2 aromatic heterocycles. The molecular weight excluding hydrogens is 462 g/mol. The number of carbonyl (C=O) groups is 1. The Labute approximate surface area is 209 Å². The van der Waals surface area contributed by atoms with Crippen LogP contribution in [0.1, 0.15) is 22.6 Å². The van der Waals surface area contributed by atoms with Crippen molar-refractivity contribution in [1.29, 1.82) is 0 Å². The molecule has 1 atom stereocenters. The summed E-state index contributed by atoms with van der Waals surface area (Å²) >= 11 is 0. The predicted octanol–water partition coefficient (Wildman–Crippen LogP) is 2.27. The Kier molecular flexibility index (Phi) is 6.47. The van der Waals surface area contributed by atoms with Crippen molar-refractivity contribution in [2.75, 3.05) is 57.5 Å². The van der Waals surface area contributed by atoms with Crippen LogP contribution < -0.4 is 9.64 Å². The number of benzene rings is 1. The molecule has 3 saturated heterocycles. The lowest BCUT2D eigenvalue weighted by Crippen LogP contribution is -2.46. The number of anilines is 1. The number of nitrogens with zero attached hydrogens (tertiary/aromatic N) is 5. The summed E-state index contributed by atoms with van der Waals surface area (Å²) in [4.78, 5) is 25.8. The van der Waals surface area contributed by atoms with Crippen molar-refractivity contribution in [1.82, 2.24) is 19.4 Å². The van der Waals surface area contributed by atoms with Gasteiger partial charge in [0, 0.05) is 44.8 Å². The van der Waals surface area contributed by atoms with Gasteiger partial charge in [-0.2, -0.15) is 4.98 Å². The summed E-state index contributed by atoms with van der Waals surface area (Å²) in [6, 6.07) is 11.1. The minimum atomic E-state index is -0.928. The largest absolute Gasteiger partial charge is 0.478 e. The molecule has 0 spiro atoms. The Morgan fingerprint density at radius 3 is 2.64 bits per heavy atom. The zero-order chi connectivity index (χ0) is 24.5. The van der Waals surface area contributed by atoms with E-state index in [1.165, 1.54) is 0 Å². The van der Waals surface area contributed by atoms with E-state index in [-0.39, 0.29) is 11.7 Å². The Hall–Kier alpha value is -3.21. The average molecular weight is 494 g/mol. The first-order chi connectivity index (χ1) is 17.6. The number of carboxylic acid groups (broad SMARTS) is 1. The third kappa shape index (κ3) is 4.88. The minimum absolute atomic E-state index is 0.156. The molecule has 1 aromatic carbocycles. The topological polar surface area (TPSA) is 102 Å². The Bertz CT molecular complexity index is 1230. The number of piperazine rings is 1. The lowest BCUT2D eigenvalue weighted by atomic mass is 10.1. The van der Waals surface area contributed by atoms with Crippen LogP contribution >= 0.6 is 0 Å². The van der Waals surface area contributed by atoms with E-state index in [2.05, 4.69) is 14.4 Å². The number of pyridine rings is 1. The molecule has 3 aromatic rings. The minimum Gasteiger partial charge on any atom is -0.478 e. The fraction of sp³-hybridized carbons (Fsp3) is 0.500. The van der Waals surface area contributed by atoms with E-state index in [4.69, 9.17) is 24.2 Å². The number of carboxylic acids is 1. The van der Waals surface area contributed by atoms with Gasteiger partial charge in [-0.05, 0) is 30.7 Å². The van der Waals surface area contributed by atoms with Crippen molar-refractivity contribution in [3.63, 3.8) is 0 Å². The Balaban J connectivity index is 1.12. The molecule has 3 aliphatic heterocycles. The SMILES string of the molecule is O=C(O)c1ccc2nc(CN3CCN(c4cccc(OCC5COC5)n4)CC3)n(C[C@@H]3CCO3)c2c1. The van der Waals surface area contributed by atoms with Gasteiger partial charge in [0.2, 0.25) is 5.88 Å². The monoisotopic (exact) mass is 493 g/mol.